The lowest BCUT2D eigenvalue weighted by atomic mass is 10.2. The molecule has 1 heterocycles. The normalized spacial score (nSPS) is 14.8. The zero-order valence-corrected chi connectivity index (χ0v) is 10.0. The second kappa shape index (κ2) is 4.34. The van der Waals surface area contributed by atoms with Gasteiger partial charge >= 0.3 is 0 Å². The third-order valence-electron chi connectivity index (χ3n) is 2.23. The molecule has 6 nitrogen and oxygen atoms in total. The fraction of sp³-hybridized carbons (Fsp3) is 0.300. The Labute approximate surface area is 99.0 Å². The van der Waals surface area contributed by atoms with E-state index in [2.05, 4.69) is 10.0 Å². The second-order valence-corrected chi connectivity index (χ2v) is 5.26. The molecule has 1 aliphatic heterocycles. The van der Waals surface area contributed by atoms with E-state index in [1.54, 1.807) is 6.92 Å². The smallest absolute Gasteiger partial charge is 0.262 e. The van der Waals surface area contributed by atoms with Gasteiger partial charge < -0.3 is 10.1 Å². The van der Waals surface area contributed by atoms with Crippen molar-refractivity contribution in [2.45, 2.75) is 11.8 Å². The van der Waals surface area contributed by atoms with Crippen LogP contribution in [0.3, 0.4) is 0 Å². The van der Waals surface area contributed by atoms with Crippen molar-refractivity contribution in [3.05, 3.63) is 18.2 Å². The van der Waals surface area contributed by atoms with E-state index in [1.807, 2.05) is 0 Å². The predicted molar refractivity (Wildman–Crippen MR) is 61.4 cm³/mol. The molecule has 0 saturated heterocycles. The van der Waals surface area contributed by atoms with Crippen LogP contribution in [0.5, 0.6) is 5.75 Å². The molecule has 0 spiro atoms. The van der Waals surface area contributed by atoms with E-state index in [0.717, 1.165) is 0 Å². The molecule has 2 N–H and O–H groups in total. The Morgan fingerprint density at radius 3 is 2.94 bits per heavy atom. The van der Waals surface area contributed by atoms with Crippen molar-refractivity contribution in [1.29, 1.82) is 0 Å². The summed E-state index contributed by atoms with van der Waals surface area (Å²) in [6.45, 7) is 1.95. The Balaban J connectivity index is 2.39. The molecule has 2 rings (SSSR count). The number of rotatable bonds is 3. The van der Waals surface area contributed by atoms with E-state index in [-0.39, 0.29) is 17.4 Å². The minimum atomic E-state index is -3.52. The third-order valence-corrected chi connectivity index (χ3v) is 3.77. The topological polar surface area (TPSA) is 84.5 Å². The largest absolute Gasteiger partial charge is 0.482 e. The summed E-state index contributed by atoms with van der Waals surface area (Å²) in [7, 11) is -3.52. The number of hydrogen-bond donors (Lipinski definition) is 2. The second-order valence-electron chi connectivity index (χ2n) is 3.50. The maximum Gasteiger partial charge on any atom is 0.262 e. The van der Waals surface area contributed by atoms with Crippen LogP contribution in [0.1, 0.15) is 6.92 Å². The van der Waals surface area contributed by atoms with Crippen LogP contribution in [0.2, 0.25) is 0 Å². The lowest BCUT2D eigenvalue weighted by Gasteiger charge is -2.18. The van der Waals surface area contributed by atoms with Crippen molar-refractivity contribution < 1.29 is 17.9 Å². The molecule has 7 heteroatoms. The lowest BCUT2D eigenvalue weighted by molar-refractivity contribution is -0.118. The van der Waals surface area contributed by atoms with Crippen molar-refractivity contribution in [3.8, 4) is 5.75 Å². The summed E-state index contributed by atoms with van der Waals surface area (Å²) in [5, 5.41) is 2.56. The molecule has 0 aromatic heterocycles. The maximum absolute atomic E-state index is 11.7. The number of carbonyl (C=O) groups excluding carboxylic acids is 1. The summed E-state index contributed by atoms with van der Waals surface area (Å²) in [6.07, 6.45) is 0. The molecule has 0 atom stereocenters. The van der Waals surface area contributed by atoms with Crippen molar-refractivity contribution in [2.75, 3.05) is 18.5 Å². The van der Waals surface area contributed by atoms with Crippen LogP contribution in [0, 0.1) is 0 Å². The minimum absolute atomic E-state index is 0.0493. The van der Waals surface area contributed by atoms with Crippen molar-refractivity contribution in [2.24, 2.45) is 0 Å². The van der Waals surface area contributed by atoms with Gasteiger partial charge in [-0.1, -0.05) is 6.92 Å². The Morgan fingerprint density at radius 2 is 2.24 bits per heavy atom. The maximum atomic E-state index is 11.7. The van der Waals surface area contributed by atoms with Gasteiger partial charge in [0.25, 0.3) is 5.91 Å². The Morgan fingerprint density at radius 1 is 1.47 bits per heavy atom. The number of nitrogens with one attached hydrogen (secondary N) is 2. The first-order valence-electron chi connectivity index (χ1n) is 5.09. The van der Waals surface area contributed by atoms with E-state index < -0.39 is 10.0 Å². The number of anilines is 1. The molecule has 1 aromatic carbocycles. The third kappa shape index (κ3) is 2.40. The van der Waals surface area contributed by atoms with E-state index >= 15 is 0 Å². The monoisotopic (exact) mass is 256 g/mol. The number of hydrogen-bond acceptors (Lipinski definition) is 4. The van der Waals surface area contributed by atoms with Gasteiger partial charge in [-0.05, 0) is 18.2 Å². The summed E-state index contributed by atoms with van der Waals surface area (Å²) in [5.41, 5.74) is 0.375. The van der Waals surface area contributed by atoms with E-state index in [4.69, 9.17) is 4.74 Å². The van der Waals surface area contributed by atoms with E-state index in [0.29, 0.717) is 18.0 Å². The van der Waals surface area contributed by atoms with Gasteiger partial charge in [0.15, 0.2) is 6.61 Å². The standard InChI is InChI=1S/C10H12N2O4S/c1-2-11-17(14,15)7-3-4-9-8(5-7)12-10(13)6-16-9/h3-5,11H,2,6H2,1H3,(H,12,13). The molecule has 0 unspecified atom stereocenters. The van der Waals surface area contributed by atoms with E-state index in [1.165, 1.54) is 18.2 Å². The molecule has 0 fully saturated rings. The summed E-state index contributed by atoms with van der Waals surface area (Å²) < 4.78 is 31.0. The van der Waals surface area contributed by atoms with Crippen molar-refractivity contribution in [3.63, 3.8) is 0 Å². The van der Waals surface area contributed by atoms with Crippen LogP contribution in [-0.2, 0) is 14.8 Å². The van der Waals surface area contributed by atoms with Crippen LogP contribution in [-0.4, -0.2) is 27.5 Å². The minimum Gasteiger partial charge on any atom is -0.482 e. The Bertz CT molecular complexity index is 553. The molecule has 1 aromatic rings. The Hall–Kier alpha value is -1.60. The highest BCUT2D eigenvalue weighted by Gasteiger charge is 2.20. The number of sulfonamides is 1. The average Bonchev–Trinajstić information content (AvgIpc) is 2.28. The van der Waals surface area contributed by atoms with Crippen LogP contribution in [0.4, 0.5) is 5.69 Å². The predicted octanol–water partition coefficient (Wildman–Crippen LogP) is 0.316. The highest BCUT2D eigenvalue weighted by molar-refractivity contribution is 7.89. The first-order valence-corrected chi connectivity index (χ1v) is 6.57. The van der Waals surface area contributed by atoms with Gasteiger partial charge in [-0.2, -0.15) is 0 Å². The molecule has 17 heavy (non-hydrogen) atoms. The first-order chi connectivity index (χ1) is 8.03. The number of fused-ring (bicyclic) bond motifs is 1. The fourth-order valence-electron chi connectivity index (χ4n) is 1.50. The molecular formula is C10H12N2O4S. The zero-order valence-electron chi connectivity index (χ0n) is 9.19. The summed E-state index contributed by atoms with van der Waals surface area (Å²) in [6, 6.07) is 4.34. The summed E-state index contributed by atoms with van der Waals surface area (Å²) in [4.78, 5) is 11.2. The number of amides is 1. The van der Waals surface area contributed by atoms with Crippen LogP contribution in [0.15, 0.2) is 23.1 Å². The summed E-state index contributed by atoms with van der Waals surface area (Å²) in [5.74, 6) is 0.176. The SMILES string of the molecule is CCNS(=O)(=O)c1ccc2c(c1)NC(=O)CO2. The van der Waals surface area contributed by atoms with Gasteiger partial charge in [0.2, 0.25) is 10.0 Å². The number of ether oxygens (including phenoxy) is 1. The highest BCUT2D eigenvalue weighted by atomic mass is 32.2. The quantitative estimate of drug-likeness (QED) is 0.815. The van der Waals surface area contributed by atoms with Crippen LogP contribution < -0.4 is 14.8 Å². The summed E-state index contributed by atoms with van der Waals surface area (Å²) >= 11 is 0. The molecule has 92 valence electrons. The Kier molecular flexibility index (Phi) is 3.03. The van der Waals surface area contributed by atoms with Gasteiger partial charge in [0.1, 0.15) is 5.75 Å². The molecule has 0 saturated carbocycles. The van der Waals surface area contributed by atoms with Gasteiger partial charge in [0, 0.05) is 6.54 Å². The molecule has 1 aliphatic rings. The molecule has 0 radical (unpaired) electrons. The lowest BCUT2D eigenvalue weighted by Crippen LogP contribution is -2.27. The number of carbonyl (C=O) groups is 1. The van der Waals surface area contributed by atoms with Gasteiger partial charge in [0.05, 0.1) is 10.6 Å². The van der Waals surface area contributed by atoms with Gasteiger partial charge in [-0.25, -0.2) is 13.1 Å². The van der Waals surface area contributed by atoms with Gasteiger partial charge in [-0.3, -0.25) is 4.79 Å². The fourth-order valence-corrected chi connectivity index (χ4v) is 2.57. The van der Waals surface area contributed by atoms with E-state index in [9.17, 15) is 13.2 Å². The molecular weight excluding hydrogens is 244 g/mol. The zero-order chi connectivity index (χ0) is 12.5. The van der Waals surface area contributed by atoms with Crippen molar-refractivity contribution in [1.82, 2.24) is 4.72 Å². The van der Waals surface area contributed by atoms with Gasteiger partial charge in [-0.15, -0.1) is 0 Å². The van der Waals surface area contributed by atoms with Crippen molar-refractivity contribution >= 4 is 21.6 Å². The van der Waals surface area contributed by atoms with Crippen LogP contribution in [0.25, 0.3) is 0 Å². The highest BCUT2D eigenvalue weighted by Crippen LogP contribution is 2.29. The first kappa shape index (κ1) is 11.9. The average molecular weight is 256 g/mol. The number of benzene rings is 1. The molecule has 0 bridgehead atoms. The molecule has 0 aliphatic carbocycles. The van der Waals surface area contributed by atoms with Crippen LogP contribution >= 0.6 is 0 Å². The molecule has 1 amide bonds.